The summed E-state index contributed by atoms with van der Waals surface area (Å²) in [5, 5.41) is 5.24. The smallest absolute Gasteiger partial charge is 0.127 e. The van der Waals surface area contributed by atoms with Crippen LogP contribution in [0, 0.1) is 0 Å². The van der Waals surface area contributed by atoms with Gasteiger partial charge in [0.25, 0.3) is 0 Å². The lowest BCUT2D eigenvalue weighted by atomic mass is 10.2. The summed E-state index contributed by atoms with van der Waals surface area (Å²) >= 11 is 9.35. The second-order valence-corrected chi connectivity index (χ2v) is 5.71. The fourth-order valence-corrected chi connectivity index (χ4v) is 2.50. The van der Waals surface area contributed by atoms with E-state index in [0.29, 0.717) is 10.8 Å². The highest BCUT2D eigenvalue weighted by molar-refractivity contribution is 9.10. The minimum absolute atomic E-state index is 0.585. The third-order valence-electron chi connectivity index (χ3n) is 2.93. The van der Waals surface area contributed by atoms with Crippen molar-refractivity contribution in [3.05, 3.63) is 64.1 Å². The minimum Gasteiger partial charge on any atom is -0.384 e. The molecule has 0 atom stereocenters. The van der Waals surface area contributed by atoms with Gasteiger partial charge in [-0.15, -0.1) is 0 Å². The number of rotatable bonds is 2. The molecule has 3 nitrogen and oxygen atoms in total. The standard InChI is InChI=1S/C15H11BrClN3/c16-11-3-1-2-10(8-11)14-9-15(18)20(19-14)13-6-4-12(17)5-7-13/h1-9H,18H2. The SMILES string of the molecule is Nc1cc(-c2cccc(Br)c2)nn1-c1ccc(Cl)cc1. The second kappa shape index (κ2) is 5.31. The van der Waals surface area contributed by atoms with E-state index in [4.69, 9.17) is 17.3 Å². The molecule has 5 heteroatoms. The Labute approximate surface area is 130 Å². The van der Waals surface area contributed by atoms with E-state index in [1.165, 1.54) is 0 Å². The normalized spacial score (nSPS) is 10.7. The van der Waals surface area contributed by atoms with Crippen molar-refractivity contribution in [2.45, 2.75) is 0 Å². The second-order valence-electron chi connectivity index (χ2n) is 4.35. The van der Waals surface area contributed by atoms with Crippen LogP contribution in [0.15, 0.2) is 59.1 Å². The topological polar surface area (TPSA) is 43.8 Å². The maximum absolute atomic E-state index is 6.04. The van der Waals surface area contributed by atoms with E-state index < -0.39 is 0 Å². The first-order valence-electron chi connectivity index (χ1n) is 6.01. The number of nitrogen functional groups attached to an aromatic ring is 1. The molecule has 0 unspecified atom stereocenters. The molecule has 0 spiro atoms. The quantitative estimate of drug-likeness (QED) is 0.739. The van der Waals surface area contributed by atoms with E-state index in [0.717, 1.165) is 21.4 Å². The predicted molar refractivity (Wildman–Crippen MR) is 86.1 cm³/mol. The molecule has 0 aliphatic rings. The van der Waals surface area contributed by atoms with E-state index in [2.05, 4.69) is 21.0 Å². The van der Waals surface area contributed by atoms with Gasteiger partial charge in [-0.25, -0.2) is 4.68 Å². The highest BCUT2D eigenvalue weighted by Gasteiger charge is 2.09. The summed E-state index contributed by atoms with van der Waals surface area (Å²) in [7, 11) is 0. The zero-order chi connectivity index (χ0) is 14.1. The molecule has 100 valence electrons. The van der Waals surface area contributed by atoms with Crippen LogP contribution >= 0.6 is 27.5 Å². The molecule has 0 saturated carbocycles. The van der Waals surface area contributed by atoms with Gasteiger partial charge in [-0.3, -0.25) is 0 Å². The van der Waals surface area contributed by atoms with Crippen molar-refractivity contribution < 1.29 is 0 Å². The third kappa shape index (κ3) is 2.57. The van der Waals surface area contributed by atoms with Crippen LogP contribution in [0.3, 0.4) is 0 Å². The van der Waals surface area contributed by atoms with Crippen LogP contribution in [-0.2, 0) is 0 Å². The van der Waals surface area contributed by atoms with Crippen LogP contribution < -0.4 is 5.73 Å². The van der Waals surface area contributed by atoms with Crippen LogP contribution in [0.25, 0.3) is 16.9 Å². The van der Waals surface area contributed by atoms with Gasteiger partial charge in [-0.05, 0) is 36.4 Å². The fraction of sp³-hybridized carbons (Fsp3) is 0. The number of benzene rings is 2. The highest BCUT2D eigenvalue weighted by Crippen LogP contribution is 2.25. The van der Waals surface area contributed by atoms with E-state index in [9.17, 15) is 0 Å². The van der Waals surface area contributed by atoms with Gasteiger partial charge in [0, 0.05) is 21.1 Å². The van der Waals surface area contributed by atoms with E-state index in [-0.39, 0.29) is 0 Å². The Hall–Kier alpha value is -1.78. The predicted octanol–water partition coefficient (Wildman–Crippen LogP) is 4.54. The largest absolute Gasteiger partial charge is 0.384 e. The molecule has 1 aromatic heterocycles. The van der Waals surface area contributed by atoms with Gasteiger partial charge < -0.3 is 5.73 Å². The van der Waals surface area contributed by atoms with Gasteiger partial charge in [0.05, 0.1) is 11.4 Å². The van der Waals surface area contributed by atoms with Crippen molar-refractivity contribution in [1.29, 1.82) is 0 Å². The maximum Gasteiger partial charge on any atom is 0.127 e. The fourth-order valence-electron chi connectivity index (χ4n) is 1.97. The lowest BCUT2D eigenvalue weighted by Crippen LogP contribution is -2.01. The Morgan fingerprint density at radius 1 is 1.05 bits per heavy atom. The Morgan fingerprint density at radius 2 is 1.80 bits per heavy atom. The van der Waals surface area contributed by atoms with E-state index in [1.807, 2.05) is 54.6 Å². The number of halogens is 2. The van der Waals surface area contributed by atoms with Gasteiger partial charge >= 0.3 is 0 Å². The zero-order valence-electron chi connectivity index (χ0n) is 10.4. The molecule has 20 heavy (non-hydrogen) atoms. The summed E-state index contributed by atoms with van der Waals surface area (Å²) in [4.78, 5) is 0. The number of hydrogen-bond acceptors (Lipinski definition) is 2. The van der Waals surface area contributed by atoms with Crippen LogP contribution in [0.2, 0.25) is 5.02 Å². The number of aromatic nitrogens is 2. The molecule has 2 aromatic carbocycles. The lowest BCUT2D eigenvalue weighted by Gasteiger charge is -2.03. The molecule has 0 saturated heterocycles. The van der Waals surface area contributed by atoms with Gasteiger partial charge in [0.15, 0.2) is 0 Å². The first-order valence-corrected chi connectivity index (χ1v) is 7.18. The molecule has 2 N–H and O–H groups in total. The molecule has 0 bridgehead atoms. The Bertz CT molecular complexity index is 750. The van der Waals surface area contributed by atoms with E-state index in [1.54, 1.807) is 4.68 Å². The van der Waals surface area contributed by atoms with Crippen LogP contribution in [0.5, 0.6) is 0 Å². The number of anilines is 1. The summed E-state index contributed by atoms with van der Waals surface area (Å²) in [6.07, 6.45) is 0. The maximum atomic E-state index is 6.04. The average Bonchev–Trinajstić information content (AvgIpc) is 2.82. The highest BCUT2D eigenvalue weighted by atomic mass is 79.9. The van der Waals surface area contributed by atoms with Crippen molar-refractivity contribution in [3.8, 4) is 16.9 Å². The van der Waals surface area contributed by atoms with Crippen LogP contribution in [-0.4, -0.2) is 9.78 Å². The van der Waals surface area contributed by atoms with Crippen molar-refractivity contribution in [1.82, 2.24) is 9.78 Å². The molecule has 3 aromatic rings. The molecule has 3 rings (SSSR count). The third-order valence-corrected chi connectivity index (χ3v) is 3.67. The van der Waals surface area contributed by atoms with Crippen molar-refractivity contribution >= 4 is 33.3 Å². The zero-order valence-corrected chi connectivity index (χ0v) is 12.8. The van der Waals surface area contributed by atoms with Gasteiger partial charge in [0.2, 0.25) is 0 Å². The summed E-state index contributed by atoms with van der Waals surface area (Å²) in [6, 6.07) is 17.2. The molecular weight excluding hydrogens is 338 g/mol. The first-order chi connectivity index (χ1) is 9.63. The Balaban J connectivity index is 2.05. The van der Waals surface area contributed by atoms with Gasteiger partial charge in [-0.1, -0.05) is 39.7 Å². The Morgan fingerprint density at radius 3 is 2.50 bits per heavy atom. The summed E-state index contributed by atoms with van der Waals surface area (Å²) in [5.74, 6) is 0.585. The summed E-state index contributed by atoms with van der Waals surface area (Å²) in [6.45, 7) is 0. The average molecular weight is 349 g/mol. The van der Waals surface area contributed by atoms with E-state index >= 15 is 0 Å². The van der Waals surface area contributed by atoms with Crippen molar-refractivity contribution in [2.75, 3.05) is 5.73 Å². The molecule has 0 aliphatic carbocycles. The Kier molecular flexibility index (Phi) is 3.51. The van der Waals surface area contributed by atoms with Crippen molar-refractivity contribution in [2.24, 2.45) is 0 Å². The van der Waals surface area contributed by atoms with Crippen LogP contribution in [0.1, 0.15) is 0 Å². The lowest BCUT2D eigenvalue weighted by molar-refractivity contribution is 0.895. The summed E-state index contributed by atoms with van der Waals surface area (Å²) in [5.41, 5.74) is 8.77. The van der Waals surface area contributed by atoms with Gasteiger partial charge in [-0.2, -0.15) is 5.10 Å². The molecule has 0 amide bonds. The first kappa shape index (κ1) is 13.2. The van der Waals surface area contributed by atoms with Crippen LogP contribution in [0.4, 0.5) is 5.82 Å². The molecule has 0 fully saturated rings. The molecule has 1 heterocycles. The van der Waals surface area contributed by atoms with Gasteiger partial charge in [0.1, 0.15) is 5.82 Å². The minimum atomic E-state index is 0.585. The number of hydrogen-bond donors (Lipinski definition) is 1. The monoisotopic (exact) mass is 347 g/mol. The molecule has 0 aliphatic heterocycles. The molecule has 0 radical (unpaired) electrons. The molecular formula is C15H11BrClN3. The number of nitrogens with zero attached hydrogens (tertiary/aromatic N) is 2. The summed E-state index contributed by atoms with van der Waals surface area (Å²) < 4.78 is 2.71. The number of nitrogens with two attached hydrogens (primary N) is 1. The van der Waals surface area contributed by atoms with Crippen molar-refractivity contribution in [3.63, 3.8) is 0 Å².